The Bertz CT molecular complexity index is 557. The van der Waals surface area contributed by atoms with Crippen LogP contribution in [-0.2, 0) is 19.4 Å². The standard InChI is InChI=1S/C14H14BrFN2/c15-11-5-10(6-12(16)7-11)8-18-9-17-13-3-1-2-4-14(13)18/h5-7,9H,1-4,8H2. The number of fused-ring (bicyclic) bond motifs is 1. The van der Waals surface area contributed by atoms with Gasteiger partial charge < -0.3 is 4.57 Å². The minimum atomic E-state index is -0.201. The molecule has 1 aliphatic rings. The maximum atomic E-state index is 13.3. The zero-order chi connectivity index (χ0) is 12.5. The molecular formula is C14H14BrFN2. The van der Waals surface area contributed by atoms with Gasteiger partial charge in [-0.2, -0.15) is 0 Å². The molecule has 0 fully saturated rings. The molecule has 94 valence electrons. The predicted octanol–water partition coefficient (Wildman–Crippen LogP) is 3.71. The van der Waals surface area contributed by atoms with Crippen LogP contribution in [0.25, 0.3) is 0 Å². The van der Waals surface area contributed by atoms with E-state index in [1.807, 2.05) is 12.4 Å². The summed E-state index contributed by atoms with van der Waals surface area (Å²) in [6.45, 7) is 0.693. The van der Waals surface area contributed by atoms with Gasteiger partial charge in [-0.05, 0) is 49.4 Å². The molecule has 1 aromatic carbocycles. The molecule has 1 heterocycles. The number of hydrogen-bond acceptors (Lipinski definition) is 1. The van der Waals surface area contributed by atoms with Gasteiger partial charge in [0, 0.05) is 16.7 Å². The number of rotatable bonds is 2. The first-order valence-corrected chi connectivity index (χ1v) is 6.99. The van der Waals surface area contributed by atoms with Crippen molar-refractivity contribution >= 4 is 15.9 Å². The first-order chi connectivity index (χ1) is 8.72. The molecule has 4 heteroatoms. The lowest BCUT2D eigenvalue weighted by Gasteiger charge is -2.14. The van der Waals surface area contributed by atoms with Gasteiger partial charge in [-0.15, -0.1) is 0 Å². The van der Waals surface area contributed by atoms with Crippen LogP contribution in [0.5, 0.6) is 0 Å². The van der Waals surface area contributed by atoms with Crippen molar-refractivity contribution in [2.75, 3.05) is 0 Å². The first-order valence-electron chi connectivity index (χ1n) is 6.20. The summed E-state index contributed by atoms with van der Waals surface area (Å²) in [4.78, 5) is 4.46. The highest BCUT2D eigenvalue weighted by Crippen LogP contribution is 2.22. The first kappa shape index (κ1) is 11.9. The Balaban J connectivity index is 1.90. The van der Waals surface area contributed by atoms with Gasteiger partial charge in [-0.3, -0.25) is 0 Å². The van der Waals surface area contributed by atoms with Gasteiger partial charge in [0.25, 0.3) is 0 Å². The Morgan fingerprint density at radius 1 is 1.22 bits per heavy atom. The van der Waals surface area contributed by atoms with Crippen molar-refractivity contribution in [1.82, 2.24) is 9.55 Å². The van der Waals surface area contributed by atoms with E-state index in [0.717, 1.165) is 22.9 Å². The molecule has 0 N–H and O–H groups in total. The van der Waals surface area contributed by atoms with Gasteiger partial charge in [-0.25, -0.2) is 9.37 Å². The van der Waals surface area contributed by atoms with Crippen molar-refractivity contribution in [3.8, 4) is 0 Å². The molecule has 2 aromatic rings. The van der Waals surface area contributed by atoms with Crippen molar-refractivity contribution in [3.63, 3.8) is 0 Å². The highest BCUT2D eigenvalue weighted by molar-refractivity contribution is 9.10. The van der Waals surface area contributed by atoms with Gasteiger partial charge in [0.15, 0.2) is 0 Å². The van der Waals surface area contributed by atoms with E-state index in [1.165, 1.54) is 30.3 Å². The summed E-state index contributed by atoms with van der Waals surface area (Å²) in [5.41, 5.74) is 3.51. The third-order valence-electron chi connectivity index (χ3n) is 3.39. The lowest BCUT2D eigenvalue weighted by Crippen LogP contribution is -2.09. The van der Waals surface area contributed by atoms with E-state index in [4.69, 9.17) is 0 Å². The summed E-state index contributed by atoms with van der Waals surface area (Å²) in [6, 6.07) is 5.02. The van der Waals surface area contributed by atoms with Crippen LogP contribution in [0.3, 0.4) is 0 Å². The molecule has 3 rings (SSSR count). The Hall–Kier alpha value is -1.16. The van der Waals surface area contributed by atoms with Crippen LogP contribution in [0.4, 0.5) is 4.39 Å². The van der Waals surface area contributed by atoms with Crippen LogP contribution >= 0.6 is 15.9 Å². The van der Waals surface area contributed by atoms with Crippen molar-refractivity contribution < 1.29 is 4.39 Å². The smallest absolute Gasteiger partial charge is 0.124 e. The van der Waals surface area contributed by atoms with Gasteiger partial charge in [0.1, 0.15) is 5.82 Å². The van der Waals surface area contributed by atoms with Crippen molar-refractivity contribution in [2.45, 2.75) is 32.2 Å². The Morgan fingerprint density at radius 2 is 2.06 bits per heavy atom. The molecule has 0 spiro atoms. The average molecular weight is 309 g/mol. The zero-order valence-corrected chi connectivity index (χ0v) is 11.6. The van der Waals surface area contributed by atoms with Crippen LogP contribution < -0.4 is 0 Å². The molecule has 0 saturated carbocycles. The van der Waals surface area contributed by atoms with E-state index in [1.54, 1.807) is 6.07 Å². The Kier molecular flexibility index (Phi) is 3.20. The highest BCUT2D eigenvalue weighted by Gasteiger charge is 2.15. The fraction of sp³-hybridized carbons (Fsp3) is 0.357. The Morgan fingerprint density at radius 3 is 2.89 bits per heavy atom. The van der Waals surface area contributed by atoms with Gasteiger partial charge in [-0.1, -0.05) is 15.9 Å². The molecule has 0 saturated heterocycles. The van der Waals surface area contributed by atoms with Crippen LogP contribution in [0.2, 0.25) is 0 Å². The third-order valence-corrected chi connectivity index (χ3v) is 3.84. The van der Waals surface area contributed by atoms with E-state index in [-0.39, 0.29) is 5.82 Å². The maximum absolute atomic E-state index is 13.3. The molecular weight excluding hydrogens is 295 g/mol. The van der Waals surface area contributed by atoms with Crippen molar-refractivity contribution in [1.29, 1.82) is 0 Å². The third kappa shape index (κ3) is 2.34. The van der Waals surface area contributed by atoms with Crippen molar-refractivity contribution in [3.05, 3.63) is 51.8 Å². The molecule has 0 unspecified atom stereocenters. The number of imidazole rings is 1. The van der Waals surface area contributed by atoms with E-state index in [9.17, 15) is 4.39 Å². The van der Waals surface area contributed by atoms with Gasteiger partial charge in [0.05, 0.1) is 12.0 Å². The monoisotopic (exact) mass is 308 g/mol. The summed E-state index contributed by atoms with van der Waals surface area (Å²) in [7, 11) is 0. The van der Waals surface area contributed by atoms with Crippen LogP contribution in [0, 0.1) is 5.82 Å². The summed E-state index contributed by atoms with van der Waals surface area (Å²) < 4.78 is 16.3. The number of aromatic nitrogens is 2. The maximum Gasteiger partial charge on any atom is 0.124 e. The number of benzene rings is 1. The number of halogens is 2. The van der Waals surface area contributed by atoms with E-state index >= 15 is 0 Å². The molecule has 0 amide bonds. The lowest BCUT2D eigenvalue weighted by atomic mass is 10.0. The average Bonchev–Trinajstić information content (AvgIpc) is 2.72. The normalized spacial score (nSPS) is 14.6. The minimum Gasteiger partial charge on any atom is -0.330 e. The Labute approximate surface area is 114 Å². The second kappa shape index (κ2) is 4.84. The molecule has 0 atom stereocenters. The van der Waals surface area contributed by atoms with Gasteiger partial charge >= 0.3 is 0 Å². The van der Waals surface area contributed by atoms with Gasteiger partial charge in [0.2, 0.25) is 0 Å². The van der Waals surface area contributed by atoms with Crippen LogP contribution in [0.15, 0.2) is 29.0 Å². The van der Waals surface area contributed by atoms with Crippen molar-refractivity contribution in [2.24, 2.45) is 0 Å². The van der Waals surface area contributed by atoms with E-state index < -0.39 is 0 Å². The number of hydrogen-bond donors (Lipinski definition) is 0. The molecule has 1 aliphatic carbocycles. The molecule has 1 aromatic heterocycles. The van der Waals surface area contributed by atoms with Crippen LogP contribution in [0.1, 0.15) is 29.8 Å². The second-order valence-corrected chi connectivity index (χ2v) is 5.67. The number of nitrogens with zero attached hydrogens (tertiary/aromatic N) is 2. The second-order valence-electron chi connectivity index (χ2n) is 4.75. The topological polar surface area (TPSA) is 17.8 Å². The molecule has 0 radical (unpaired) electrons. The van der Waals surface area contributed by atoms with E-state index in [2.05, 4.69) is 25.5 Å². The summed E-state index contributed by atoms with van der Waals surface area (Å²) in [5.74, 6) is -0.201. The quantitative estimate of drug-likeness (QED) is 0.827. The van der Waals surface area contributed by atoms with Crippen LogP contribution in [-0.4, -0.2) is 9.55 Å². The lowest BCUT2D eigenvalue weighted by molar-refractivity contribution is 0.614. The minimum absolute atomic E-state index is 0.201. The summed E-state index contributed by atoms with van der Waals surface area (Å²) in [6.07, 6.45) is 6.51. The summed E-state index contributed by atoms with van der Waals surface area (Å²) in [5, 5.41) is 0. The highest BCUT2D eigenvalue weighted by atomic mass is 79.9. The predicted molar refractivity (Wildman–Crippen MR) is 72.1 cm³/mol. The summed E-state index contributed by atoms with van der Waals surface area (Å²) >= 11 is 3.33. The molecule has 0 aliphatic heterocycles. The zero-order valence-electron chi connectivity index (χ0n) is 10.00. The largest absolute Gasteiger partial charge is 0.330 e. The fourth-order valence-electron chi connectivity index (χ4n) is 2.57. The SMILES string of the molecule is Fc1cc(Br)cc(Cn2cnc3c2CCCC3)c1. The van der Waals surface area contributed by atoms with E-state index in [0.29, 0.717) is 6.54 Å². The molecule has 0 bridgehead atoms. The molecule has 2 nitrogen and oxygen atoms in total. The molecule has 18 heavy (non-hydrogen) atoms. The number of aryl methyl sites for hydroxylation is 1. The fourth-order valence-corrected chi connectivity index (χ4v) is 3.08.